The van der Waals surface area contributed by atoms with Gasteiger partial charge < -0.3 is 25.9 Å². The van der Waals surface area contributed by atoms with Gasteiger partial charge in [0.15, 0.2) is 11.6 Å². The normalized spacial score (nSPS) is 10.4. The fraction of sp³-hybridized carbons (Fsp3) is 0.0800. The molecule has 4 aromatic rings. The van der Waals surface area contributed by atoms with E-state index in [9.17, 15) is 20.0 Å². The Labute approximate surface area is 200 Å². The van der Waals surface area contributed by atoms with Gasteiger partial charge in [-0.25, -0.2) is 4.98 Å². The molecule has 174 valence electrons. The molecule has 0 bridgehead atoms. The molecule has 0 fully saturated rings. The molecular formula is C25H20N6O4. The van der Waals surface area contributed by atoms with Crippen LogP contribution in [-0.4, -0.2) is 40.0 Å². The molecule has 1 aromatic carbocycles. The second-order valence-corrected chi connectivity index (χ2v) is 7.31. The topological polar surface area (TPSA) is 167 Å². The fourth-order valence-corrected chi connectivity index (χ4v) is 3.38. The van der Waals surface area contributed by atoms with Crippen molar-refractivity contribution in [2.24, 2.45) is 5.73 Å². The van der Waals surface area contributed by atoms with Crippen molar-refractivity contribution in [1.29, 1.82) is 5.26 Å². The number of carbonyl (C=O) groups is 2. The van der Waals surface area contributed by atoms with E-state index >= 15 is 0 Å². The molecule has 0 unspecified atom stereocenters. The summed E-state index contributed by atoms with van der Waals surface area (Å²) < 4.78 is 5.14. The van der Waals surface area contributed by atoms with E-state index in [0.717, 1.165) is 0 Å². The van der Waals surface area contributed by atoms with E-state index in [0.29, 0.717) is 22.4 Å². The van der Waals surface area contributed by atoms with Crippen molar-refractivity contribution in [3.05, 3.63) is 84.1 Å². The van der Waals surface area contributed by atoms with Crippen LogP contribution < -0.4 is 16.4 Å². The highest BCUT2D eigenvalue weighted by Gasteiger charge is 2.20. The first kappa shape index (κ1) is 23.2. The number of para-hydroxylation sites is 1. The third-order valence-corrected chi connectivity index (χ3v) is 5.02. The molecule has 3 heterocycles. The van der Waals surface area contributed by atoms with Crippen molar-refractivity contribution in [3.8, 4) is 34.2 Å². The SMILES string of the molecule is N#Cc1c(-c2ccnc(C(=O)NCCN)c2)cc(-c2ccccc2O)nc1NC(=O)c1ccco1. The molecule has 4 rings (SSSR count). The number of rotatable bonds is 7. The Kier molecular flexibility index (Phi) is 6.81. The summed E-state index contributed by atoms with van der Waals surface area (Å²) in [5.74, 6) is -1.05. The summed E-state index contributed by atoms with van der Waals surface area (Å²) in [4.78, 5) is 33.6. The Morgan fingerprint density at radius 1 is 1.09 bits per heavy atom. The maximum atomic E-state index is 12.7. The number of nitrogens with two attached hydrogens (primary N) is 1. The Morgan fingerprint density at radius 3 is 2.63 bits per heavy atom. The van der Waals surface area contributed by atoms with Gasteiger partial charge in [-0.3, -0.25) is 14.6 Å². The van der Waals surface area contributed by atoms with E-state index in [-0.39, 0.29) is 41.7 Å². The van der Waals surface area contributed by atoms with Crippen LogP contribution in [0.1, 0.15) is 26.6 Å². The van der Waals surface area contributed by atoms with Gasteiger partial charge in [0.25, 0.3) is 11.8 Å². The molecule has 2 amide bonds. The zero-order valence-corrected chi connectivity index (χ0v) is 18.4. The second-order valence-electron chi connectivity index (χ2n) is 7.31. The lowest BCUT2D eigenvalue weighted by atomic mass is 9.98. The molecule has 10 nitrogen and oxygen atoms in total. The third kappa shape index (κ3) is 5.00. The standard InChI is InChI=1S/C25H20N6O4/c26-8-10-29-24(33)20-12-15(7-9-28-20)17-13-19(16-4-1-2-5-21(16)32)30-23(18(17)14-27)31-25(34)22-6-3-11-35-22/h1-7,9,11-13,32H,8,10,26H2,(H,29,33)(H,30,31,34). The molecular weight excluding hydrogens is 448 g/mol. The van der Waals surface area contributed by atoms with Crippen molar-refractivity contribution in [1.82, 2.24) is 15.3 Å². The van der Waals surface area contributed by atoms with Crippen LogP contribution in [0.2, 0.25) is 0 Å². The number of phenols is 1. The van der Waals surface area contributed by atoms with Gasteiger partial charge in [0, 0.05) is 30.4 Å². The number of nitrogens with one attached hydrogen (secondary N) is 2. The fourth-order valence-electron chi connectivity index (χ4n) is 3.38. The molecule has 10 heteroatoms. The number of nitriles is 1. The number of hydrogen-bond acceptors (Lipinski definition) is 8. The lowest BCUT2D eigenvalue weighted by Crippen LogP contribution is -2.29. The third-order valence-electron chi connectivity index (χ3n) is 5.02. The van der Waals surface area contributed by atoms with Crippen molar-refractivity contribution < 1.29 is 19.1 Å². The van der Waals surface area contributed by atoms with Crippen molar-refractivity contribution in [2.45, 2.75) is 0 Å². The predicted molar refractivity (Wildman–Crippen MR) is 127 cm³/mol. The molecule has 5 N–H and O–H groups in total. The minimum Gasteiger partial charge on any atom is -0.507 e. The van der Waals surface area contributed by atoms with Gasteiger partial charge in [0.1, 0.15) is 23.1 Å². The van der Waals surface area contributed by atoms with E-state index in [1.807, 2.05) is 0 Å². The molecule has 0 spiro atoms. The van der Waals surface area contributed by atoms with Crippen LogP contribution in [0.3, 0.4) is 0 Å². The zero-order valence-electron chi connectivity index (χ0n) is 18.4. The number of amides is 2. The van der Waals surface area contributed by atoms with Gasteiger partial charge in [-0.2, -0.15) is 5.26 Å². The highest BCUT2D eigenvalue weighted by molar-refractivity contribution is 6.03. The van der Waals surface area contributed by atoms with Crippen LogP contribution in [0.4, 0.5) is 5.82 Å². The van der Waals surface area contributed by atoms with E-state index in [2.05, 4.69) is 26.7 Å². The molecule has 0 aliphatic rings. The number of phenolic OH excluding ortho intramolecular Hbond substituents is 1. The summed E-state index contributed by atoms with van der Waals surface area (Å²) >= 11 is 0. The predicted octanol–water partition coefficient (Wildman–Crippen LogP) is 2.92. The Morgan fingerprint density at radius 2 is 1.91 bits per heavy atom. The molecule has 0 aliphatic heterocycles. The summed E-state index contributed by atoms with van der Waals surface area (Å²) in [5.41, 5.74) is 7.20. The van der Waals surface area contributed by atoms with E-state index in [1.54, 1.807) is 36.4 Å². The number of furan rings is 1. The van der Waals surface area contributed by atoms with Crippen LogP contribution in [0.5, 0.6) is 5.75 Å². The number of carbonyl (C=O) groups excluding carboxylic acids is 2. The van der Waals surface area contributed by atoms with E-state index in [1.165, 1.54) is 30.7 Å². The molecule has 0 aliphatic carbocycles. The summed E-state index contributed by atoms with van der Waals surface area (Å²) in [5, 5.41) is 25.6. The maximum absolute atomic E-state index is 12.7. The minimum absolute atomic E-state index is 0.0319. The van der Waals surface area contributed by atoms with Crippen LogP contribution >= 0.6 is 0 Å². The highest BCUT2D eigenvalue weighted by Crippen LogP contribution is 2.35. The van der Waals surface area contributed by atoms with Gasteiger partial charge in [0.05, 0.1) is 12.0 Å². The first-order valence-corrected chi connectivity index (χ1v) is 10.5. The molecule has 0 radical (unpaired) electrons. The van der Waals surface area contributed by atoms with Gasteiger partial charge >= 0.3 is 0 Å². The summed E-state index contributed by atoms with van der Waals surface area (Å²) in [6.45, 7) is 0.556. The second kappa shape index (κ2) is 10.3. The van der Waals surface area contributed by atoms with E-state index in [4.69, 9.17) is 10.2 Å². The number of aromatic hydroxyl groups is 1. The Balaban J connectivity index is 1.87. The summed E-state index contributed by atoms with van der Waals surface area (Å²) in [6, 6.07) is 16.4. The van der Waals surface area contributed by atoms with Crippen molar-refractivity contribution in [2.75, 3.05) is 18.4 Å². The molecule has 0 saturated heterocycles. The molecule has 3 aromatic heterocycles. The van der Waals surface area contributed by atoms with Gasteiger partial charge in [-0.1, -0.05) is 12.1 Å². The molecule has 35 heavy (non-hydrogen) atoms. The van der Waals surface area contributed by atoms with Crippen molar-refractivity contribution in [3.63, 3.8) is 0 Å². The lowest BCUT2D eigenvalue weighted by Gasteiger charge is -2.14. The number of anilines is 1. The number of benzene rings is 1. The van der Waals surface area contributed by atoms with Crippen LogP contribution in [0.15, 0.2) is 71.5 Å². The van der Waals surface area contributed by atoms with Crippen LogP contribution in [0, 0.1) is 11.3 Å². The zero-order chi connectivity index (χ0) is 24.8. The lowest BCUT2D eigenvalue weighted by molar-refractivity contribution is 0.0948. The van der Waals surface area contributed by atoms with Gasteiger partial charge in [-0.15, -0.1) is 0 Å². The number of nitrogens with zero attached hydrogens (tertiary/aromatic N) is 3. The largest absolute Gasteiger partial charge is 0.507 e. The summed E-state index contributed by atoms with van der Waals surface area (Å²) in [6.07, 6.45) is 2.79. The Hall–Kier alpha value is -5.01. The quantitative estimate of drug-likeness (QED) is 0.321. The van der Waals surface area contributed by atoms with Gasteiger partial charge in [0.2, 0.25) is 0 Å². The minimum atomic E-state index is -0.601. The average molecular weight is 468 g/mol. The average Bonchev–Trinajstić information content (AvgIpc) is 3.42. The Bertz CT molecular complexity index is 1430. The first-order valence-electron chi connectivity index (χ1n) is 10.5. The van der Waals surface area contributed by atoms with Crippen molar-refractivity contribution >= 4 is 17.6 Å². The number of hydrogen-bond donors (Lipinski definition) is 4. The number of aromatic nitrogens is 2. The maximum Gasteiger partial charge on any atom is 0.292 e. The molecule has 0 atom stereocenters. The van der Waals surface area contributed by atoms with Crippen LogP contribution in [0.25, 0.3) is 22.4 Å². The first-order chi connectivity index (χ1) is 17.0. The summed E-state index contributed by atoms with van der Waals surface area (Å²) in [7, 11) is 0. The monoisotopic (exact) mass is 468 g/mol. The number of pyridine rings is 2. The smallest absolute Gasteiger partial charge is 0.292 e. The van der Waals surface area contributed by atoms with E-state index < -0.39 is 11.8 Å². The van der Waals surface area contributed by atoms with Gasteiger partial charge in [-0.05, 0) is 48.0 Å². The van der Waals surface area contributed by atoms with Crippen LogP contribution in [-0.2, 0) is 0 Å². The highest BCUT2D eigenvalue weighted by atomic mass is 16.3. The molecule has 0 saturated carbocycles.